The molecule has 2 aliphatic heterocycles. The molecule has 2 aromatic rings. The van der Waals surface area contributed by atoms with Crippen molar-refractivity contribution < 1.29 is 14.2 Å². The van der Waals surface area contributed by atoms with Crippen LogP contribution in [0.3, 0.4) is 0 Å². The van der Waals surface area contributed by atoms with E-state index in [-0.39, 0.29) is 24.0 Å². The molecule has 27 heavy (non-hydrogen) atoms. The SMILES string of the molecule is O=c1cccc2n1[C@@H](CO)[C@H]1C[C@@H]2CN(CCCOc2ccc(F)cc2)C1. The van der Waals surface area contributed by atoms with Crippen molar-refractivity contribution in [2.75, 3.05) is 32.8 Å². The summed E-state index contributed by atoms with van der Waals surface area (Å²) in [5.74, 6) is 1.04. The first-order valence-corrected chi connectivity index (χ1v) is 9.58. The van der Waals surface area contributed by atoms with Crippen LogP contribution in [-0.4, -0.2) is 47.4 Å². The minimum Gasteiger partial charge on any atom is -0.494 e. The lowest BCUT2D eigenvalue weighted by molar-refractivity contribution is 0.0592. The molecule has 3 heterocycles. The summed E-state index contributed by atoms with van der Waals surface area (Å²) in [6.07, 6.45) is 1.90. The Bertz CT molecular complexity index is 836. The number of rotatable bonds is 6. The van der Waals surface area contributed by atoms with Crippen LogP contribution in [0, 0.1) is 11.7 Å². The molecule has 1 N–H and O–H groups in total. The van der Waals surface area contributed by atoms with Gasteiger partial charge in [0.15, 0.2) is 0 Å². The molecule has 2 bridgehead atoms. The van der Waals surface area contributed by atoms with Crippen LogP contribution >= 0.6 is 0 Å². The van der Waals surface area contributed by atoms with E-state index in [2.05, 4.69) is 4.90 Å². The van der Waals surface area contributed by atoms with E-state index < -0.39 is 0 Å². The predicted octanol–water partition coefficient (Wildman–Crippen LogP) is 2.41. The van der Waals surface area contributed by atoms with E-state index in [1.165, 1.54) is 12.1 Å². The van der Waals surface area contributed by atoms with Crippen molar-refractivity contribution in [2.45, 2.75) is 24.8 Å². The van der Waals surface area contributed by atoms with Crippen molar-refractivity contribution in [1.29, 1.82) is 0 Å². The van der Waals surface area contributed by atoms with Crippen LogP contribution in [0.5, 0.6) is 5.75 Å². The largest absolute Gasteiger partial charge is 0.494 e. The van der Waals surface area contributed by atoms with Gasteiger partial charge in [-0.15, -0.1) is 0 Å². The second-order valence-electron chi connectivity index (χ2n) is 7.52. The van der Waals surface area contributed by atoms with Crippen molar-refractivity contribution in [3.05, 3.63) is 64.3 Å². The highest BCUT2D eigenvalue weighted by Gasteiger charge is 2.39. The van der Waals surface area contributed by atoms with Crippen molar-refractivity contribution >= 4 is 0 Å². The van der Waals surface area contributed by atoms with Crippen LogP contribution in [0.4, 0.5) is 4.39 Å². The normalized spacial score (nSPS) is 24.4. The van der Waals surface area contributed by atoms with E-state index >= 15 is 0 Å². The highest BCUT2D eigenvalue weighted by molar-refractivity contribution is 5.22. The molecule has 1 aromatic heterocycles. The number of likely N-dealkylation sites (tertiary alicyclic amines) is 1. The molecule has 1 saturated heterocycles. The van der Waals surface area contributed by atoms with Gasteiger partial charge in [-0.2, -0.15) is 0 Å². The molecule has 5 nitrogen and oxygen atoms in total. The summed E-state index contributed by atoms with van der Waals surface area (Å²) >= 11 is 0. The lowest BCUT2D eigenvalue weighted by Crippen LogP contribution is -2.50. The number of nitrogens with zero attached hydrogens (tertiary/aromatic N) is 2. The van der Waals surface area contributed by atoms with Gasteiger partial charge in [-0.05, 0) is 49.1 Å². The number of hydrogen-bond donors (Lipinski definition) is 1. The third-order valence-corrected chi connectivity index (χ3v) is 5.76. The van der Waals surface area contributed by atoms with Gasteiger partial charge in [-0.1, -0.05) is 6.07 Å². The number of hydrogen-bond acceptors (Lipinski definition) is 4. The average molecular weight is 372 g/mol. The van der Waals surface area contributed by atoms with E-state index in [1.807, 2.05) is 16.7 Å². The topological polar surface area (TPSA) is 54.7 Å². The summed E-state index contributed by atoms with van der Waals surface area (Å²) in [6, 6.07) is 11.4. The summed E-state index contributed by atoms with van der Waals surface area (Å²) in [4.78, 5) is 14.7. The Morgan fingerprint density at radius 1 is 1.15 bits per heavy atom. The zero-order chi connectivity index (χ0) is 18.8. The van der Waals surface area contributed by atoms with E-state index in [4.69, 9.17) is 4.74 Å². The minimum atomic E-state index is -0.264. The number of fused-ring (bicyclic) bond motifs is 4. The number of aromatic nitrogens is 1. The minimum absolute atomic E-state index is 0.00414. The Labute approximate surface area is 158 Å². The molecule has 2 aliphatic rings. The van der Waals surface area contributed by atoms with Crippen LogP contribution in [-0.2, 0) is 0 Å². The molecule has 0 aliphatic carbocycles. The standard InChI is InChI=1S/C21H25FN2O3/c22-17-5-7-18(8-6-17)27-10-2-9-23-12-15-11-16(13-23)20(14-25)24-19(15)3-1-4-21(24)26/h1,3-8,15-16,20,25H,2,9-14H2/t15-,16+,20+/m1/s1. The van der Waals surface area contributed by atoms with Gasteiger partial charge in [0.2, 0.25) is 0 Å². The zero-order valence-corrected chi connectivity index (χ0v) is 15.3. The summed E-state index contributed by atoms with van der Waals surface area (Å²) < 4.78 is 20.4. The Hall–Kier alpha value is -2.18. The monoisotopic (exact) mass is 372 g/mol. The number of benzene rings is 1. The Balaban J connectivity index is 1.37. The molecule has 1 fully saturated rings. The third-order valence-electron chi connectivity index (χ3n) is 5.76. The average Bonchev–Trinajstić information content (AvgIpc) is 2.68. The van der Waals surface area contributed by atoms with Crippen LogP contribution < -0.4 is 10.3 Å². The summed E-state index contributed by atoms with van der Waals surface area (Å²) in [5.41, 5.74) is 1.03. The van der Waals surface area contributed by atoms with Crippen molar-refractivity contribution in [3.8, 4) is 5.75 Å². The molecule has 0 radical (unpaired) electrons. The van der Waals surface area contributed by atoms with Crippen LogP contribution in [0.25, 0.3) is 0 Å². The Kier molecular flexibility index (Phi) is 5.27. The third kappa shape index (κ3) is 3.77. The molecule has 144 valence electrons. The number of piperidine rings is 1. The van der Waals surface area contributed by atoms with Gasteiger partial charge < -0.3 is 19.3 Å². The number of ether oxygens (including phenoxy) is 1. The Morgan fingerprint density at radius 3 is 2.74 bits per heavy atom. The maximum Gasteiger partial charge on any atom is 0.251 e. The van der Waals surface area contributed by atoms with E-state index in [1.54, 1.807) is 18.2 Å². The van der Waals surface area contributed by atoms with Gasteiger partial charge in [0.1, 0.15) is 11.6 Å². The predicted molar refractivity (Wildman–Crippen MR) is 101 cm³/mol. The number of pyridine rings is 1. The molecule has 0 saturated carbocycles. The summed E-state index contributed by atoms with van der Waals surface area (Å²) in [5, 5.41) is 9.90. The van der Waals surface area contributed by atoms with Crippen molar-refractivity contribution in [3.63, 3.8) is 0 Å². The van der Waals surface area contributed by atoms with Crippen LogP contribution in [0.2, 0.25) is 0 Å². The molecule has 0 spiro atoms. The van der Waals surface area contributed by atoms with E-state index in [0.29, 0.717) is 24.2 Å². The van der Waals surface area contributed by atoms with Crippen molar-refractivity contribution in [1.82, 2.24) is 9.47 Å². The van der Waals surface area contributed by atoms with Crippen LogP contribution in [0.15, 0.2) is 47.3 Å². The lowest BCUT2D eigenvalue weighted by Gasteiger charge is -2.46. The lowest BCUT2D eigenvalue weighted by atomic mass is 9.78. The van der Waals surface area contributed by atoms with Gasteiger partial charge in [0, 0.05) is 37.3 Å². The highest BCUT2D eigenvalue weighted by Crippen LogP contribution is 2.40. The number of aliphatic hydroxyl groups excluding tert-OH is 1. The van der Waals surface area contributed by atoms with Crippen molar-refractivity contribution in [2.24, 2.45) is 5.92 Å². The molecule has 6 heteroatoms. The Morgan fingerprint density at radius 2 is 1.96 bits per heavy atom. The fraction of sp³-hybridized carbons (Fsp3) is 0.476. The number of halogens is 1. The van der Waals surface area contributed by atoms with Gasteiger partial charge in [0.25, 0.3) is 5.56 Å². The molecule has 0 unspecified atom stereocenters. The second-order valence-corrected chi connectivity index (χ2v) is 7.52. The highest BCUT2D eigenvalue weighted by atomic mass is 19.1. The first-order chi connectivity index (χ1) is 13.2. The first kappa shape index (κ1) is 18.2. The van der Waals surface area contributed by atoms with E-state index in [9.17, 15) is 14.3 Å². The maximum atomic E-state index is 12.9. The van der Waals surface area contributed by atoms with Gasteiger partial charge >= 0.3 is 0 Å². The number of aliphatic hydroxyl groups is 1. The molecular weight excluding hydrogens is 347 g/mol. The first-order valence-electron chi connectivity index (χ1n) is 9.58. The molecule has 3 atom stereocenters. The second kappa shape index (κ2) is 7.82. The van der Waals surface area contributed by atoms with Gasteiger partial charge in [-0.3, -0.25) is 4.79 Å². The maximum absolute atomic E-state index is 12.9. The van der Waals surface area contributed by atoms with Gasteiger partial charge in [-0.25, -0.2) is 4.39 Å². The molecule has 4 rings (SSSR count). The van der Waals surface area contributed by atoms with Crippen LogP contribution in [0.1, 0.15) is 30.5 Å². The molecular formula is C21H25FN2O3. The van der Waals surface area contributed by atoms with Gasteiger partial charge in [0.05, 0.1) is 19.3 Å². The smallest absolute Gasteiger partial charge is 0.251 e. The fourth-order valence-corrected chi connectivity index (χ4v) is 4.56. The fourth-order valence-electron chi connectivity index (χ4n) is 4.56. The quantitative estimate of drug-likeness (QED) is 0.792. The summed E-state index contributed by atoms with van der Waals surface area (Å²) in [7, 11) is 0. The summed E-state index contributed by atoms with van der Waals surface area (Å²) in [6.45, 7) is 3.30. The molecule has 1 aromatic carbocycles. The molecule has 0 amide bonds. The zero-order valence-electron chi connectivity index (χ0n) is 15.3. The van der Waals surface area contributed by atoms with E-state index in [0.717, 1.165) is 38.2 Å².